The molecule has 1 aromatic carbocycles. The fraction of sp³-hybridized carbons (Fsp3) is 0.429. The Morgan fingerprint density at radius 2 is 1.33 bits per heavy atom. The smallest absolute Gasteiger partial charge is 0.0398 e. The van der Waals surface area contributed by atoms with Crippen LogP contribution in [-0.2, 0) is 0 Å². The molecule has 0 aliphatic heterocycles. The molecule has 0 saturated carbocycles. The topological polar surface area (TPSA) is 0 Å². The molecule has 21 heavy (non-hydrogen) atoms. The fourth-order valence-corrected chi connectivity index (χ4v) is 0.865. The van der Waals surface area contributed by atoms with Crippen LogP contribution in [0, 0.1) is 6.92 Å². The monoisotopic (exact) mass is 294 g/mol. The average molecular weight is 295 g/mol. The van der Waals surface area contributed by atoms with Crippen molar-refractivity contribution in [2.75, 3.05) is 0 Å². The molecule has 0 aliphatic carbocycles. The summed E-state index contributed by atoms with van der Waals surface area (Å²) >= 11 is 0. The van der Waals surface area contributed by atoms with E-state index >= 15 is 0 Å². The van der Waals surface area contributed by atoms with Gasteiger partial charge in [0.2, 0.25) is 0 Å². The van der Waals surface area contributed by atoms with Crippen molar-refractivity contribution in [2.24, 2.45) is 0 Å². The predicted molar refractivity (Wildman–Crippen MR) is 108 cm³/mol. The minimum atomic E-state index is 0. The predicted octanol–water partition coefficient (Wildman–Crippen LogP) is 8.26. The van der Waals surface area contributed by atoms with Gasteiger partial charge in [-0.05, 0) is 20.8 Å². The van der Waals surface area contributed by atoms with Crippen molar-refractivity contribution >= 4 is 0 Å². The Balaban J connectivity index is -0.0000000409. The van der Waals surface area contributed by atoms with Crippen molar-refractivity contribution in [2.45, 2.75) is 64.3 Å². The van der Waals surface area contributed by atoms with E-state index in [2.05, 4.69) is 25.6 Å². The first-order valence-corrected chi connectivity index (χ1v) is 6.13. The summed E-state index contributed by atoms with van der Waals surface area (Å²) in [4.78, 5) is 0. The van der Waals surface area contributed by atoms with Crippen LogP contribution in [0.5, 0.6) is 0 Å². The highest BCUT2D eigenvalue weighted by molar-refractivity contribution is 5.16. The molecule has 0 heterocycles. The molecular weight excluding hydrogens is 252 g/mol. The van der Waals surface area contributed by atoms with E-state index < -0.39 is 0 Å². The van der Waals surface area contributed by atoms with Crippen molar-refractivity contribution in [3.05, 3.63) is 72.4 Å². The van der Waals surface area contributed by atoms with Crippen LogP contribution in [0.3, 0.4) is 0 Å². The number of allylic oxidation sites excluding steroid dienone is 5. The largest absolute Gasteiger partial charge is 0.0961 e. The first kappa shape index (κ1) is 36.6. The van der Waals surface area contributed by atoms with Gasteiger partial charge in [-0.3, -0.25) is 0 Å². The quantitative estimate of drug-likeness (QED) is 0.481. The minimum absolute atomic E-state index is 0. The Morgan fingerprint density at radius 1 is 0.905 bits per heavy atom. The normalized spacial score (nSPS) is 7.48. The summed E-state index contributed by atoms with van der Waals surface area (Å²) in [6.45, 7) is 13.8. The molecule has 0 spiro atoms. The SMILES string of the molecule is C.C.C.C.C=C(C)/C=C\C=C/C.CC.Cc1ccccc1. The van der Waals surface area contributed by atoms with Gasteiger partial charge in [-0.1, -0.05) is 116 Å². The molecule has 0 bridgehead atoms. The average Bonchev–Trinajstić information content (AvgIpc) is 2.33. The maximum absolute atomic E-state index is 3.71. The Morgan fingerprint density at radius 3 is 1.57 bits per heavy atom. The van der Waals surface area contributed by atoms with E-state index in [0.717, 1.165) is 5.57 Å². The van der Waals surface area contributed by atoms with Gasteiger partial charge in [0.1, 0.15) is 0 Å². The van der Waals surface area contributed by atoms with Gasteiger partial charge in [0.05, 0.1) is 0 Å². The third-order valence-electron chi connectivity index (χ3n) is 1.62. The summed E-state index contributed by atoms with van der Waals surface area (Å²) in [5.41, 5.74) is 2.41. The van der Waals surface area contributed by atoms with Gasteiger partial charge in [0.25, 0.3) is 0 Å². The van der Waals surface area contributed by atoms with Crippen LogP contribution < -0.4 is 0 Å². The zero-order valence-corrected chi connectivity index (χ0v) is 11.9. The van der Waals surface area contributed by atoms with Gasteiger partial charge in [-0.15, -0.1) is 0 Å². The highest BCUT2D eigenvalue weighted by atomic mass is 13.8. The lowest BCUT2D eigenvalue weighted by Gasteiger charge is -1.82. The summed E-state index contributed by atoms with van der Waals surface area (Å²) in [7, 11) is 0. The van der Waals surface area contributed by atoms with E-state index in [1.807, 2.05) is 70.2 Å². The number of hydrogen-bond acceptors (Lipinski definition) is 0. The molecule has 0 heteroatoms. The lowest BCUT2D eigenvalue weighted by atomic mass is 10.2. The van der Waals surface area contributed by atoms with E-state index in [1.54, 1.807) is 0 Å². The molecule has 126 valence electrons. The van der Waals surface area contributed by atoms with Crippen LogP contribution in [0.2, 0.25) is 0 Å². The molecule has 0 saturated heterocycles. The Labute approximate surface area is 137 Å². The molecule has 0 N–H and O–H groups in total. The zero-order chi connectivity index (χ0) is 13.5. The van der Waals surface area contributed by atoms with Crippen molar-refractivity contribution < 1.29 is 0 Å². The molecule has 0 unspecified atom stereocenters. The van der Waals surface area contributed by atoms with Crippen molar-refractivity contribution in [1.82, 2.24) is 0 Å². The van der Waals surface area contributed by atoms with Gasteiger partial charge < -0.3 is 0 Å². The maximum atomic E-state index is 3.71. The molecule has 0 aliphatic rings. The van der Waals surface area contributed by atoms with Gasteiger partial charge in [0, 0.05) is 0 Å². The summed E-state index contributed by atoms with van der Waals surface area (Å²) in [5, 5.41) is 0. The van der Waals surface area contributed by atoms with E-state index in [0.29, 0.717) is 0 Å². The Kier molecular flexibility index (Phi) is 54.1. The zero-order valence-electron chi connectivity index (χ0n) is 11.9. The summed E-state index contributed by atoms with van der Waals surface area (Å²) < 4.78 is 0. The van der Waals surface area contributed by atoms with Gasteiger partial charge in [-0.2, -0.15) is 0 Å². The number of aryl methyl sites for hydroxylation is 1. The van der Waals surface area contributed by atoms with Crippen LogP contribution in [0.4, 0.5) is 0 Å². The molecule has 0 fully saturated rings. The first-order valence-electron chi connectivity index (χ1n) is 6.13. The minimum Gasteiger partial charge on any atom is -0.0961 e. The van der Waals surface area contributed by atoms with Crippen LogP contribution in [0.15, 0.2) is 66.8 Å². The molecular formula is C21H42. The molecule has 0 atom stereocenters. The fourth-order valence-electron chi connectivity index (χ4n) is 0.865. The summed E-state index contributed by atoms with van der Waals surface area (Å²) in [6, 6.07) is 10.3. The van der Waals surface area contributed by atoms with Crippen molar-refractivity contribution in [1.29, 1.82) is 0 Å². The lowest BCUT2D eigenvalue weighted by molar-refractivity contribution is 1.48. The molecule has 1 aromatic rings. The van der Waals surface area contributed by atoms with Crippen LogP contribution in [0.25, 0.3) is 0 Å². The summed E-state index contributed by atoms with van der Waals surface area (Å²) in [5.74, 6) is 0. The van der Waals surface area contributed by atoms with Gasteiger partial charge in [0.15, 0.2) is 0 Å². The Bertz CT molecular complexity index is 315. The second-order valence-electron chi connectivity index (χ2n) is 3.39. The molecule has 0 nitrogen and oxygen atoms in total. The number of benzene rings is 1. The van der Waals surface area contributed by atoms with Crippen molar-refractivity contribution in [3.8, 4) is 0 Å². The maximum Gasteiger partial charge on any atom is -0.0398 e. The standard InChI is InChI=1S/C8H12.C7H8.C2H6.4CH4/c1-4-5-6-7-8(2)3;1-7-5-3-2-4-6-7;1-2;;;;/h4-7H,2H2,1,3H3;2-6H,1H3;1-2H3;4*1H4/b5-4-,7-6-;;;;;;. The molecule has 1 rings (SSSR count). The van der Waals surface area contributed by atoms with E-state index in [1.165, 1.54) is 5.56 Å². The third kappa shape index (κ3) is 38.1. The first-order chi connectivity index (χ1) is 8.16. The van der Waals surface area contributed by atoms with E-state index in [4.69, 9.17) is 0 Å². The van der Waals surface area contributed by atoms with Gasteiger partial charge in [-0.25, -0.2) is 0 Å². The highest BCUT2D eigenvalue weighted by Crippen LogP contribution is 1.92. The van der Waals surface area contributed by atoms with Crippen LogP contribution in [-0.4, -0.2) is 0 Å². The van der Waals surface area contributed by atoms with Crippen LogP contribution in [0.1, 0.15) is 63.0 Å². The number of rotatable bonds is 2. The van der Waals surface area contributed by atoms with Crippen LogP contribution >= 0.6 is 0 Å². The summed E-state index contributed by atoms with van der Waals surface area (Å²) in [6.07, 6.45) is 7.91. The molecule has 0 aromatic heterocycles. The van der Waals surface area contributed by atoms with E-state index in [-0.39, 0.29) is 29.7 Å². The second-order valence-corrected chi connectivity index (χ2v) is 3.39. The molecule has 0 radical (unpaired) electrons. The van der Waals surface area contributed by atoms with E-state index in [9.17, 15) is 0 Å². The van der Waals surface area contributed by atoms with Crippen molar-refractivity contribution in [3.63, 3.8) is 0 Å². The Hall–Kier alpha value is -1.56. The second kappa shape index (κ2) is 31.0. The highest BCUT2D eigenvalue weighted by Gasteiger charge is 1.72. The van der Waals surface area contributed by atoms with Gasteiger partial charge >= 0.3 is 0 Å². The lowest BCUT2D eigenvalue weighted by Crippen LogP contribution is -1.62. The number of hydrogen-bond donors (Lipinski definition) is 0. The molecule has 0 amide bonds. The third-order valence-corrected chi connectivity index (χ3v) is 1.62.